The lowest BCUT2D eigenvalue weighted by Crippen LogP contribution is -2.32. The van der Waals surface area contributed by atoms with Crippen LogP contribution in [0.4, 0.5) is 17.1 Å². The SMILES string of the molecule is O=[N+]([O-])c1ccc(S(=O)(=O)OCCN(CCOS(=O)(=O)c2ccc([N+](=O)[O-])cc2)c2ccccc2)cc1. The van der Waals surface area contributed by atoms with E-state index in [1.807, 2.05) is 0 Å². The van der Waals surface area contributed by atoms with Crippen molar-refractivity contribution in [3.63, 3.8) is 0 Å². The molecular formula is C22H21N3O10S2. The molecule has 0 aromatic heterocycles. The normalized spacial score (nSPS) is 11.7. The minimum Gasteiger partial charge on any atom is -0.367 e. The fraction of sp³-hybridized carbons (Fsp3) is 0.182. The number of nitro groups is 2. The summed E-state index contributed by atoms with van der Waals surface area (Å²) in [5, 5.41) is 21.5. The lowest BCUT2D eigenvalue weighted by atomic mass is 10.3. The fourth-order valence-electron chi connectivity index (χ4n) is 3.13. The molecular weight excluding hydrogens is 530 g/mol. The van der Waals surface area contributed by atoms with Crippen molar-refractivity contribution in [2.24, 2.45) is 0 Å². The molecule has 0 radical (unpaired) electrons. The Morgan fingerprint density at radius 2 is 1.00 bits per heavy atom. The maximum atomic E-state index is 12.4. The molecule has 0 N–H and O–H groups in total. The van der Waals surface area contributed by atoms with Crippen LogP contribution in [0.1, 0.15) is 0 Å². The number of para-hydroxylation sites is 1. The number of anilines is 1. The number of nitrogens with zero attached hydrogens (tertiary/aromatic N) is 3. The van der Waals surface area contributed by atoms with Gasteiger partial charge in [-0.1, -0.05) is 18.2 Å². The Balaban J connectivity index is 1.63. The van der Waals surface area contributed by atoms with Crippen LogP contribution in [-0.2, 0) is 28.6 Å². The van der Waals surface area contributed by atoms with E-state index in [0.717, 1.165) is 48.5 Å². The zero-order chi connectivity index (χ0) is 27.1. The molecule has 37 heavy (non-hydrogen) atoms. The van der Waals surface area contributed by atoms with E-state index in [1.165, 1.54) is 0 Å². The second-order valence-electron chi connectivity index (χ2n) is 7.38. The van der Waals surface area contributed by atoms with E-state index in [1.54, 1.807) is 35.2 Å². The first-order chi connectivity index (χ1) is 17.5. The second-order valence-corrected chi connectivity index (χ2v) is 10.6. The zero-order valence-electron chi connectivity index (χ0n) is 19.1. The molecule has 0 heterocycles. The zero-order valence-corrected chi connectivity index (χ0v) is 20.7. The van der Waals surface area contributed by atoms with Crippen LogP contribution in [0.15, 0.2) is 88.7 Å². The van der Waals surface area contributed by atoms with Crippen LogP contribution in [0.5, 0.6) is 0 Å². The van der Waals surface area contributed by atoms with Crippen molar-refractivity contribution in [1.82, 2.24) is 0 Å². The van der Waals surface area contributed by atoms with E-state index in [2.05, 4.69) is 0 Å². The third-order valence-electron chi connectivity index (χ3n) is 4.99. The highest BCUT2D eigenvalue weighted by molar-refractivity contribution is 7.87. The van der Waals surface area contributed by atoms with Gasteiger partial charge in [-0.15, -0.1) is 0 Å². The summed E-state index contributed by atoms with van der Waals surface area (Å²) in [5.74, 6) is 0. The van der Waals surface area contributed by atoms with Gasteiger partial charge in [-0.05, 0) is 36.4 Å². The molecule has 0 spiro atoms. The van der Waals surface area contributed by atoms with Gasteiger partial charge in [-0.2, -0.15) is 16.8 Å². The first-order valence-electron chi connectivity index (χ1n) is 10.6. The van der Waals surface area contributed by atoms with Gasteiger partial charge in [0, 0.05) is 43.0 Å². The summed E-state index contributed by atoms with van der Waals surface area (Å²) in [5.41, 5.74) is 0.117. The highest BCUT2D eigenvalue weighted by Crippen LogP contribution is 2.20. The van der Waals surface area contributed by atoms with Gasteiger partial charge >= 0.3 is 0 Å². The maximum absolute atomic E-state index is 12.4. The summed E-state index contributed by atoms with van der Waals surface area (Å²) in [6, 6.07) is 17.2. The molecule has 196 valence electrons. The van der Waals surface area contributed by atoms with Gasteiger partial charge in [0.1, 0.15) is 0 Å². The smallest absolute Gasteiger partial charge is 0.297 e. The standard InChI is InChI=1S/C22H21N3O10S2/c26-24(27)19-6-10-21(11-7-19)36(30,31)34-16-14-23(18-4-2-1-3-5-18)15-17-35-37(32,33)22-12-8-20(9-13-22)25(28)29/h1-13H,14-17H2. The van der Waals surface area contributed by atoms with Gasteiger partial charge in [0.05, 0.1) is 32.9 Å². The topological polar surface area (TPSA) is 176 Å². The predicted octanol–water partition coefficient (Wildman–Crippen LogP) is 3.12. The number of rotatable bonds is 13. The molecule has 0 saturated heterocycles. The molecule has 0 unspecified atom stereocenters. The number of benzene rings is 3. The van der Waals surface area contributed by atoms with Crippen LogP contribution in [0, 0.1) is 20.2 Å². The monoisotopic (exact) mass is 551 g/mol. The molecule has 0 saturated carbocycles. The molecule has 0 atom stereocenters. The molecule has 3 rings (SSSR count). The lowest BCUT2D eigenvalue weighted by molar-refractivity contribution is -0.385. The Hall–Kier alpha value is -3.92. The first-order valence-corrected chi connectivity index (χ1v) is 13.4. The summed E-state index contributed by atoms with van der Waals surface area (Å²) < 4.78 is 59.9. The van der Waals surface area contributed by atoms with Gasteiger partial charge in [-0.25, -0.2) is 0 Å². The summed E-state index contributed by atoms with van der Waals surface area (Å²) in [6.07, 6.45) is 0. The number of hydrogen-bond donors (Lipinski definition) is 0. The van der Waals surface area contributed by atoms with Crippen molar-refractivity contribution in [1.29, 1.82) is 0 Å². The third kappa shape index (κ3) is 7.53. The highest BCUT2D eigenvalue weighted by atomic mass is 32.2. The first kappa shape index (κ1) is 27.7. The minimum atomic E-state index is -4.19. The maximum Gasteiger partial charge on any atom is 0.297 e. The molecule has 0 bridgehead atoms. The molecule has 0 aliphatic carbocycles. The van der Waals surface area contributed by atoms with Crippen LogP contribution in [0.25, 0.3) is 0 Å². The van der Waals surface area contributed by atoms with Crippen molar-refractivity contribution in [3.05, 3.63) is 99.1 Å². The van der Waals surface area contributed by atoms with Crippen molar-refractivity contribution >= 4 is 37.3 Å². The second kappa shape index (κ2) is 11.9. The third-order valence-corrected chi connectivity index (χ3v) is 7.65. The molecule has 0 aliphatic rings. The Morgan fingerprint density at radius 3 is 1.35 bits per heavy atom. The molecule has 13 nitrogen and oxygen atoms in total. The van der Waals surface area contributed by atoms with Crippen LogP contribution < -0.4 is 4.90 Å². The van der Waals surface area contributed by atoms with Crippen molar-refractivity contribution < 1.29 is 35.0 Å². The van der Waals surface area contributed by atoms with Crippen LogP contribution in [-0.4, -0.2) is 53.0 Å². The lowest BCUT2D eigenvalue weighted by Gasteiger charge is -2.24. The fourth-order valence-corrected chi connectivity index (χ4v) is 4.93. The van der Waals surface area contributed by atoms with Crippen LogP contribution in [0.3, 0.4) is 0 Å². The van der Waals surface area contributed by atoms with E-state index in [0.29, 0.717) is 5.69 Å². The van der Waals surface area contributed by atoms with E-state index < -0.39 is 30.1 Å². The molecule has 3 aromatic rings. The van der Waals surface area contributed by atoms with Gasteiger partial charge in [0.15, 0.2) is 0 Å². The number of non-ortho nitro benzene ring substituents is 2. The summed E-state index contributed by atoms with van der Waals surface area (Å²) in [7, 11) is -8.39. The largest absolute Gasteiger partial charge is 0.367 e. The Labute approximate surface area is 212 Å². The molecule has 0 fully saturated rings. The van der Waals surface area contributed by atoms with Gasteiger partial charge < -0.3 is 4.90 Å². The van der Waals surface area contributed by atoms with E-state index in [4.69, 9.17) is 8.37 Å². The highest BCUT2D eigenvalue weighted by Gasteiger charge is 2.20. The van der Waals surface area contributed by atoms with E-state index in [-0.39, 0.29) is 47.5 Å². The van der Waals surface area contributed by atoms with Crippen molar-refractivity contribution in [3.8, 4) is 0 Å². The van der Waals surface area contributed by atoms with E-state index >= 15 is 0 Å². The minimum absolute atomic E-state index is 0.0389. The van der Waals surface area contributed by atoms with Crippen LogP contribution in [0.2, 0.25) is 0 Å². The van der Waals surface area contributed by atoms with Gasteiger partial charge in [0.2, 0.25) is 0 Å². The Kier molecular flexibility index (Phi) is 8.88. The summed E-state index contributed by atoms with van der Waals surface area (Å²) in [4.78, 5) is 21.4. The molecule has 15 heteroatoms. The average molecular weight is 552 g/mol. The van der Waals surface area contributed by atoms with Crippen LogP contribution >= 0.6 is 0 Å². The van der Waals surface area contributed by atoms with E-state index in [9.17, 15) is 37.1 Å². The Morgan fingerprint density at radius 1 is 0.622 bits per heavy atom. The predicted molar refractivity (Wildman–Crippen MR) is 131 cm³/mol. The summed E-state index contributed by atoms with van der Waals surface area (Å²) >= 11 is 0. The molecule has 0 aliphatic heterocycles. The van der Waals surface area contributed by atoms with Gasteiger partial charge in [-0.3, -0.25) is 28.6 Å². The summed E-state index contributed by atoms with van der Waals surface area (Å²) in [6.45, 7) is -0.527. The molecule has 3 aromatic carbocycles. The number of hydrogen-bond acceptors (Lipinski definition) is 11. The number of nitro benzene ring substituents is 2. The van der Waals surface area contributed by atoms with Crippen molar-refractivity contribution in [2.45, 2.75) is 9.79 Å². The molecule has 0 amide bonds. The quantitative estimate of drug-likeness (QED) is 0.173. The average Bonchev–Trinajstić information content (AvgIpc) is 2.88. The van der Waals surface area contributed by atoms with Gasteiger partial charge in [0.25, 0.3) is 31.6 Å². The Bertz CT molecular complexity index is 1350. The van der Waals surface area contributed by atoms with Crippen molar-refractivity contribution in [2.75, 3.05) is 31.2 Å².